The van der Waals surface area contributed by atoms with Gasteiger partial charge in [0.05, 0.1) is 5.69 Å². The number of aryl methyl sites for hydroxylation is 2. The Morgan fingerprint density at radius 2 is 2.00 bits per heavy atom. The first-order valence-electron chi connectivity index (χ1n) is 11.3. The van der Waals surface area contributed by atoms with Gasteiger partial charge < -0.3 is 4.57 Å². The first-order valence-corrected chi connectivity index (χ1v) is 11.3. The fourth-order valence-electron chi connectivity index (χ4n) is 4.58. The highest BCUT2D eigenvalue weighted by atomic mass is 16.1. The lowest BCUT2D eigenvalue weighted by atomic mass is 9.97. The molecule has 0 aromatic carbocycles. The molecular weight excluding hydrogens is 388 g/mol. The van der Waals surface area contributed by atoms with Gasteiger partial charge in [0.25, 0.3) is 5.56 Å². The van der Waals surface area contributed by atoms with Crippen LogP contribution in [0.4, 0.5) is 0 Å². The highest BCUT2D eigenvalue weighted by Crippen LogP contribution is 2.23. The van der Waals surface area contributed by atoms with Crippen molar-refractivity contribution in [1.29, 1.82) is 5.26 Å². The average molecular weight is 421 g/mol. The minimum Gasteiger partial charge on any atom is -0.348 e. The van der Waals surface area contributed by atoms with Crippen LogP contribution < -0.4 is 5.56 Å². The lowest BCUT2D eigenvalue weighted by Crippen LogP contribution is -2.31. The van der Waals surface area contributed by atoms with E-state index >= 15 is 0 Å². The Morgan fingerprint density at radius 1 is 1.23 bits per heavy atom. The number of hydrogen-bond donors (Lipinski definition) is 0. The van der Waals surface area contributed by atoms with Crippen molar-refractivity contribution in [3.05, 3.63) is 61.8 Å². The van der Waals surface area contributed by atoms with Crippen LogP contribution in [0.5, 0.6) is 0 Å². The monoisotopic (exact) mass is 420 g/mol. The molecule has 0 atom stereocenters. The summed E-state index contributed by atoms with van der Waals surface area (Å²) in [4.78, 5) is 25.9. The normalized spacial score (nSPS) is 13.7. The summed E-state index contributed by atoms with van der Waals surface area (Å²) in [7, 11) is 0. The van der Waals surface area contributed by atoms with E-state index in [9.17, 15) is 14.9 Å². The third kappa shape index (κ3) is 4.71. The van der Waals surface area contributed by atoms with Crippen LogP contribution in [0, 0.1) is 25.2 Å². The predicted octanol–water partition coefficient (Wildman–Crippen LogP) is 4.43. The highest BCUT2D eigenvalue weighted by molar-refractivity contribution is 5.97. The van der Waals surface area contributed by atoms with Gasteiger partial charge in [0.15, 0.2) is 5.78 Å². The highest BCUT2D eigenvalue weighted by Gasteiger charge is 2.20. The van der Waals surface area contributed by atoms with Crippen molar-refractivity contribution in [1.82, 2.24) is 14.3 Å². The molecule has 1 aliphatic rings. The molecule has 0 amide bonds. The molecule has 0 radical (unpaired) electrons. The lowest BCUT2D eigenvalue weighted by Gasteiger charge is -2.15. The van der Waals surface area contributed by atoms with Crippen molar-refractivity contribution >= 4 is 5.78 Å². The number of nitrogens with zero attached hydrogens (tertiary/aromatic N) is 4. The number of ketones is 1. The van der Waals surface area contributed by atoms with Gasteiger partial charge in [-0.2, -0.15) is 10.4 Å². The summed E-state index contributed by atoms with van der Waals surface area (Å²) in [5.41, 5.74) is 5.12. The molecular formula is C25H32N4O2. The van der Waals surface area contributed by atoms with Gasteiger partial charge in [-0.25, -0.2) is 4.68 Å². The summed E-state index contributed by atoms with van der Waals surface area (Å²) < 4.78 is 3.36. The van der Waals surface area contributed by atoms with Crippen LogP contribution in [-0.2, 0) is 25.9 Å². The number of allylic oxidation sites excluding steroid dienone is 2. The molecule has 0 spiro atoms. The maximum Gasteiger partial charge on any atom is 0.285 e. The first kappa shape index (κ1) is 22.7. The predicted molar refractivity (Wildman–Crippen MR) is 121 cm³/mol. The Labute approximate surface area is 184 Å². The van der Waals surface area contributed by atoms with Crippen molar-refractivity contribution in [2.24, 2.45) is 0 Å². The zero-order valence-corrected chi connectivity index (χ0v) is 19.1. The molecule has 0 saturated carbocycles. The zero-order valence-electron chi connectivity index (χ0n) is 19.1. The van der Waals surface area contributed by atoms with Gasteiger partial charge in [0.1, 0.15) is 18.2 Å². The summed E-state index contributed by atoms with van der Waals surface area (Å²) >= 11 is 0. The smallest absolute Gasteiger partial charge is 0.285 e. The molecule has 31 heavy (non-hydrogen) atoms. The van der Waals surface area contributed by atoms with Gasteiger partial charge in [0.2, 0.25) is 0 Å². The topological polar surface area (TPSA) is 80.7 Å². The van der Waals surface area contributed by atoms with E-state index in [1.807, 2.05) is 39.8 Å². The molecule has 0 bridgehead atoms. The maximum absolute atomic E-state index is 13.1. The summed E-state index contributed by atoms with van der Waals surface area (Å²) in [6.07, 6.45) is 9.44. The molecule has 0 aliphatic heterocycles. The lowest BCUT2D eigenvalue weighted by molar-refractivity contribution is 0.0964. The number of nitriles is 1. The summed E-state index contributed by atoms with van der Waals surface area (Å²) in [5.74, 6) is -0.152. The Morgan fingerprint density at radius 3 is 2.61 bits per heavy atom. The van der Waals surface area contributed by atoms with E-state index in [1.165, 1.54) is 31.3 Å². The largest absolute Gasteiger partial charge is 0.348 e. The van der Waals surface area contributed by atoms with Crippen molar-refractivity contribution in [3.8, 4) is 6.07 Å². The van der Waals surface area contributed by atoms with Crippen LogP contribution in [0.3, 0.4) is 0 Å². The molecule has 3 rings (SSSR count). The van der Waals surface area contributed by atoms with Gasteiger partial charge in [-0.1, -0.05) is 25.5 Å². The Kier molecular flexibility index (Phi) is 7.27. The van der Waals surface area contributed by atoms with E-state index in [0.717, 1.165) is 29.0 Å². The third-order valence-electron chi connectivity index (χ3n) is 6.35. The van der Waals surface area contributed by atoms with Gasteiger partial charge in [-0.15, -0.1) is 0 Å². The van der Waals surface area contributed by atoms with E-state index in [-0.39, 0.29) is 17.9 Å². The summed E-state index contributed by atoms with van der Waals surface area (Å²) in [5, 5.41) is 13.9. The van der Waals surface area contributed by atoms with Gasteiger partial charge in [0, 0.05) is 23.5 Å². The van der Waals surface area contributed by atoms with Crippen molar-refractivity contribution in [3.63, 3.8) is 0 Å². The molecule has 0 N–H and O–H groups in total. The summed E-state index contributed by atoms with van der Waals surface area (Å²) in [6, 6.07) is 3.93. The minimum absolute atomic E-state index is 0.105. The van der Waals surface area contributed by atoms with Crippen LogP contribution in [0.25, 0.3) is 0 Å². The third-order valence-corrected chi connectivity index (χ3v) is 6.35. The van der Waals surface area contributed by atoms with E-state index in [4.69, 9.17) is 0 Å². The molecule has 2 heterocycles. The van der Waals surface area contributed by atoms with Crippen LogP contribution in [0.15, 0.2) is 22.5 Å². The Balaban J connectivity index is 1.85. The quantitative estimate of drug-likeness (QED) is 0.467. The number of aromatic nitrogens is 3. The number of hydrogen-bond acceptors (Lipinski definition) is 4. The molecule has 2 aromatic heterocycles. The van der Waals surface area contributed by atoms with E-state index in [1.54, 1.807) is 0 Å². The number of carbonyl (C=O) groups is 1. The molecule has 0 unspecified atom stereocenters. The maximum atomic E-state index is 13.1. The average Bonchev–Trinajstić information content (AvgIpc) is 3.07. The van der Waals surface area contributed by atoms with Gasteiger partial charge in [-0.3, -0.25) is 9.59 Å². The van der Waals surface area contributed by atoms with Crippen LogP contribution >= 0.6 is 0 Å². The van der Waals surface area contributed by atoms with Crippen molar-refractivity contribution < 1.29 is 4.79 Å². The molecule has 164 valence electrons. The summed E-state index contributed by atoms with van der Waals surface area (Å²) in [6.45, 7) is 8.53. The van der Waals surface area contributed by atoms with Gasteiger partial charge in [-0.05, 0) is 70.4 Å². The Hall–Kier alpha value is -2.94. The van der Waals surface area contributed by atoms with Crippen LogP contribution in [0.2, 0.25) is 0 Å². The van der Waals surface area contributed by atoms with Crippen molar-refractivity contribution in [2.75, 3.05) is 0 Å². The Bertz CT molecular complexity index is 1110. The SMILES string of the molecule is CCc1nn(CC(=O)c2cc(C)n(CCC3=CCCCC3)c2C)c(=O)c(C#N)c1CC. The second-order valence-corrected chi connectivity index (χ2v) is 8.30. The second-order valence-electron chi connectivity index (χ2n) is 8.30. The molecule has 1 aliphatic carbocycles. The fraction of sp³-hybridized carbons (Fsp3) is 0.520. The fourth-order valence-corrected chi connectivity index (χ4v) is 4.58. The standard InChI is InChI=1S/C25H32N4O2/c1-5-20-22(15-26)25(31)29(27-23(20)6-2)16-24(30)21-14-17(3)28(18(21)4)13-12-19-10-8-7-9-11-19/h10,14H,5-9,11-13,16H2,1-4H3. The van der Waals surface area contributed by atoms with Crippen molar-refractivity contribution in [2.45, 2.75) is 85.7 Å². The van der Waals surface area contributed by atoms with Crippen LogP contribution in [-0.4, -0.2) is 20.1 Å². The molecule has 6 nitrogen and oxygen atoms in total. The van der Waals surface area contributed by atoms with Gasteiger partial charge >= 0.3 is 0 Å². The number of Topliss-reactive ketones (excluding diaryl/α,β-unsaturated/α-hetero) is 1. The molecule has 2 aromatic rings. The molecule has 6 heteroatoms. The molecule has 0 fully saturated rings. The van der Waals surface area contributed by atoms with E-state index in [0.29, 0.717) is 29.7 Å². The van der Waals surface area contributed by atoms with E-state index < -0.39 is 5.56 Å². The second kappa shape index (κ2) is 9.91. The van der Waals surface area contributed by atoms with E-state index in [2.05, 4.69) is 15.7 Å². The number of carbonyl (C=O) groups excluding carboxylic acids is 1. The molecule has 0 saturated heterocycles. The number of rotatable bonds is 8. The minimum atomic E-state index is -0.483. The van der Waals surface area contributed by atoms with Crippen LogP contribution in [0.1, 0.15) is 84.5 Å². The first-order chi connectivity index (χ1) is 14.9. The zero-order chi connectivity index (χ0) is 22.5.